The van der Waals surface area contributed by atoms with E-state index >= 15 is 0 Å². The van der Waals surface area contributed by atoms with Gasteiger partial charge in [-0.1, -0.05) is 6.07 Å². The molecule has 0 spiro atoms. The van der Waals surface area contributed by atoms with Gasteiger partial charge in [-0.25, -0.2) is 0 Å². The Kier molecular flexibility index (Phi) is 6.35. The van der Waals surface area contributed by atoms with Crippen LogP contribution in [0.4, 0.5) is 5.69 Å². The molecule has 0 fully saturated rings. The van der Waals surface area contributed by atoms with E-state index in [4.69, 9.17) is 10.5 Å². The summed E-state index contributed by atoms with van der Waals surface area (Å²) in [4.78, 5) is 11.5. The van der Waals surface area contributed by atoms with Crippen LogP contribution < -0.4 is 15.8 Å². The van der Waals surface area contributed by atoms with E-state index in [-0.39, 0.29) is 17.6 Å². The summed E-state index contributed by atoms with van der Waals surface area (Å²) in [5, 5.41) is 2.68. The molecule has 19 heavy (non-hydrogen) atoms. The quantitative estimate of drug-likeness (QED) is 0.730. The zero-order chi connectivity index (χ0) is 14.3. The second-order valence-corrected chi connectivity index (χ2v) is 6.09. The smallest absolute Gasteiger partial charge is 0.223 e. The van der Waals surface area contributed by atoms with E-state index in [1.165, 1.54) is 0 Å². The van der Waals surface area contributed by atoms with E-state index in [0.717, 1.165) is 0 Å². The van der Waals surface area contributed by atoms with E-state index in [1.54, 1.807) is 30.5 Å². The maximum atomic E-state index is 11.5. The monoisotopic (exact) mass is 284 g/mol. The zero-order valence-corrected chi connectivity index (χ0v) is 12.0. The third-order valence-corrected chi connectivity index (χ3v) is 3.91. The highest BCUT2D eigenvalue weighted by Gasteiger charge is 2.08. The lowest BCUT2D eigenvalue weighted by Crippen LogP contribution is -2.33. The largest absolute Gasteiger partial charge is 0.493 e. The van der Waals surface area contributed by atoms with Crippen molar-refractivity contribution < 1.29 is 13.7 Å². The molecule has 0 saturated carbocycles. The van der Waals surface area contributed by atoms with E-state index in [9.17, 15) is 9.00 Å². The fourth-order valence-corrected chi connectivity index (χ4v) is 1.65. The fourth-order valence-electron chi connectivity index (χ4n) is 1.33. The Morgan fingerprint density at radius 3 is 2.89 bits per heavy atom. The van der Waals surface area contributed by atoms with Gasteiger partial charge in [0.15, 0.2) is 0 Å². The molecule has 0 heterocycles. The molecule has 1 aromatic rings. The summed E-state index contributed by atoms with van der Waals surface area (Å²) in [6.07, 6.45) is 1.89. The zero-order valence-electron chi connectivity index (χ0n) is 11.2. The number of nitrogen functional groups attached to an aromatic ring is 1. The highest BCUT2D eigenvalue weighted by Crippen LogP contribution is 2.14. The Morgan fingerprint density at radius 2 is 2.26 bits per heavy atom. The molecule has 1 aromatic carbocycles. The number of hydrogen-bond acceptors (Lipinski definition) is 4. The Balaban J connectivity index is 2.22. The minimum atomic E-state index is -0.925. The molecular formula is C13H20N2O3S. The molecule has 2 unspecified atom stereocenters. The number of nitrogens with two attached hydrogens (primary N) is 1. The molecule has 0 bridgehead atoms. The van der Waals surface area contributed by atoms with Gasteiger partial charge in [0.2, 0.25) is 5.91 Å². The van der Waals surface area contributed by atoms with E-state index in [2.05, 4.69) is 5.32 Å². The second-order valence-electron chi connectivity index (χ2n) is 4.28. The Hall–Kier alpha value is -1.56. The van der Waals surface area contributed by atoms with Gasteiger partial charge < -0.3 is 15.8 Å². The Bertz CT molecular complexity index is 451. The van der Waals surface area contributed by atoms with Gasteiger partial charge >= 0.3 is 0 Å². The molecular weight excluding hydrogens is 264 g/mol. The number of carbonyl (C=O) groups excluding carboxylic acids is 1. The topological polar surface area (TPSA) is 81.4 Å². The van der Waals surface area contributed by atoms with Gasteiger partial charge in [-0.3, -0.25) is 9.00 Å². The van der Waals surface area contributed by atoms with Crippen molar-refractivity contribution in [2.45, 2.75) is 18.6 Å². The van der Waals surface area contributed by atoms with Crippen LogP contribution in [0.25, 0.3) is 0 Å². The highest BCUT2D eigenvalue weighted by molar-refractivity contribution is 7.84. The van der Waals surface area contributed by atoms with Crippen LogP contribution in [0.15, 0.2) is 24.3 Å². The van der Waals surface area contributed by atoms with Crippen LogP contribution in [0.1, 0.15) is 13.3 Å². The molecule has 0 radical (unpaired) electrons. The molecule has 106 valence electrons. The maximum absolute atomic E-state index is 11.5. The number of anilines is 1. The normalized spacial score (nSPS) is 13.6. The Morgan fingerprint density at radius 1 is 1.53 bits per heavy atom. The van der Waals surface area contributed by atoms with Crippen molar-refractivity contribution >= 4 is 22.4 Å². The third-order valence-electron chi connectivity index (χ3n) is 2.61. The number of rotatable bonds is 7. The summed E-state index contributed by atoms with van der Waals surface area (Å²) in [6, 6.07) is 7.06. The lowest BCUT2D eigenvalue weighted by atomic mass is 10.3. The minimum absolute atomic E-state index is 0.0428. The summed E-state index contributed by atoms with van der Waals surface area (Å²) >= 11 is 0. The van der Waals surface area contributed by atoms with Crippen molar-refractivity contribution in [2.24, 2.45) is 0 Å². The van der Waals surface area contributed by atoms with Gasteiger partial charge in [-0.2, -0.15) is 0 Å². The van der Waals surface area contributed by atoms with Gasteiger partial charge in [0.25, 0.3) is 0 Å². The van der Waals surface area contributed by atoms with E-state index < -0.39 is 10.8 Å². The van der Waals surface area contributed by atoms with Crippen LogP contribution in [0, 0.1) is 0 Å². The average molecular weight is 284 g/mol. The minimum Gasteiger partial charge on any atom is -0.493 e. The van der Waals surface area contributed by atoms with Crippen LogP contribution in [0.5, 0.6) is 5.75 Å². The number of amides is 1. The van der Waals surface area contributed by atoms with Crippen LogP contribution in [-0.4, -0.2) is 34.8 Å². The number of hydrogen-bond donors (Lipinski definition) is 2. The van der Waals surface area contributed by atoms with Gasteiger partial charge in [-0.05, 0) is 19.1 Å². The average Bonchev–Trinajstić information content (AvgIpc) is 2.36. The molecule has 3 N–H and O–H groups in total. The molecule has 0 aliphatic rings. The first-order chi connectivity index (χ1) is 8.99. The fraction of sp³-hybridized carbons (Fsp3) is 0.462. The van der Waals surface area contributed by atoms with E-state index in [0.29, 0.717) is 24.6 Å². The first-order valence-electron chi connectivity index (χ1n) is 6.06. The van der Waals surface area contributed by atoms with Crippen LogP contribution in [0.2, 0.25) is 0 Å². The van der Waals surface area contributed by atoms with Gasteiger partial charge in [-0.15, -0.1) is 0 Å². The van der Waals surface area contributed by atoms with Crippen LogP contribution in [0.3, 0.4) is 0 Å². The molecule has 2 atom stereocenters. The summed E-state index contributed by atoms with van der Waals surface area (Å²) in [5.74, 6) is 0.539. The summed E-state index contributed by atoms with van der Waals surface area (Å²) < 4.78 is 16.5. The van der Waals surface area contributed by atoms with E-state index in [1.807, 2.05) is 6.92 Å². The summed E-state index contributed by atoms with van der Waals surface area (Å²) in [5.41, 5.74) is 6.24. The standard InChI is InChI=1S/C13H20N2O3S/c1-10(19(2)17)9-15-13(16)6-7-18-12-5-3-4-11(14)8-12/h3-5,8,10H,6-7,9,14H2,1-2H3,(H,15,16). The predicted octanol–water partition coefficient (Wildman–Crippen LogP) is 0.921. The lowest BCUT2D eigenvalue weighted by Gasteiger charge is -2.10. The molecule has 0 aliphatic carbocycles. The van der Waals surface area contributed by atoms with Crippen LogP contribution in [-0.2, 0) is 15.6 Å². The van der Waals surface area contributed by atoms with Crippen molar-refractivity contribution in [3.05, 3.63) is 24.3 Å². The SMILES string of the molecule is CC(CNC(=O)CCOc1cccc(N)c1)S(C)=O. The van der Waals surface area contributed by atoms with Crippen molar-refractivity contribution in [1.29, 1.82) is 0 Å². The van der Waals surface area contributed by atoms with Crippen LogP contribution >= 0.6 is 0 Å². The van der Waals surface area contributed by atoms with Crippen molar-refractivity contribution in [2.75, 3.05) is 25.1 Å². The molecule has 0 saturated heterocycles. The van der Waals surface area contributed by atoms with Gasteiger partial charge in [0.1, 0.15) is 5.75 Å². The second kappa shape index (κ2) is 7.78. The first-order valence-corrected chi connectivity index (χ1v) is 7.68. The first kappa shape index (κ1) is 15.5. The summed E-state index contributed by atoms with van der Waals surface area (Å²) in [6.45, 7) is 2.54. The third kappa shape index (κ3) is 6.24. The van der Waals surface area contributed by atoms with Gasteiger partial charge in [0.05, 0.1) is 13.0 Å². The highest BCUT2D eigenvalue weighted by atomic mass is 32.2. The molecule has 5 nitrogen and oxygen atoms in total. The molecule has 0 aromatic heterocycles. The number of carbonyl (C=O) groups is 1. The molecule has 1 amide bonds. The van der Waals surface area contributed by atoms with Crippen molar-refractivity contribution in [3.8, 4) is 5.75 Å². The number of nitrogens with one attached hydrogen (secondary N) is 1. The predicted molar refractivity (Wildman–Crippen MR) is 77.5 cm³/mol. The molecule has 6 heteroatoms. The summed E-state index contributed by atoms with van der Waals surface area (Å²) in [7, 11) is -0.925. The molecule has 1 rings (SSSR count). The lowest BCUT2D eigenvalue weighted by molar-refractivity contribution is -0.121. The number of benzene rings is 1. The van der Waals surface area contributed by atoms with Gasteiger partial charge in [0, 0.05) is 40.6 Å². The van der Waals surface area contributed by atoms with Crippen molar-refractivity contribution in [1.82, 2.24) is 5.32 Å². The number of ether oxygens (including phenoxy) is 1. The van der Waals surface area contributed by atoms with Crippen molar-refractivity contribution in [3.63, 3.8) is 0 Å². The molecule has 0 aliphatic heterocycles. The Labute approximate surface area is 116 Å². The maximum Gasteiger partial charge on any atom is 0.223 e.